The quantitative estimate of drug-likeness (QED) is 0.809. The minimum atomic E-state index is 0.515. The normalized spacial score (nSPS) is 16.9. The molecule has 3 rings (SSSR count). The molecule has 0 N–H and O–H groups in total. The number of hydrogen-bond acceptors (Lipinski definition) is 3. The second kappa shape index (κ2) is 6.20. The summed E-state index contributed by atoms with van der Waals surface area (Å²) in [4.78, 5) is 9.59. The molecule has 0 aliphatic carbocycles. The lowest BCUT2D eigenvalue weighted by Gasteiger charge is -2.36. The van der Waals surface area contributed by atoms with Gasteiger partial charge in [-0.1, -0.05) is 18.2 Å². The Hall–Kier alpha value is -1.32. The Balaban J connectivity index is 1.89. The van der Waals surface area contributed by atoms with Crippen LogP contribution in [0.15, 0.2) is 30.3 Å². The van der Waals surface area contributed by atoms with Crippen LogP contribution >= 0.6 is 11.6 Å². The number of halogens is 1. The van der Waals surface area contributed by atoms with Gasteiger partial charge in [-0.3, -0.25) is 0 Å². The van der Waals surface area contributed by atoms with Gasteiger partial charge in [-0.05, 0) is 39.1 Å². The van der Waals surface area contributed by atoms with E-state index >= 15 is 0 Å². The first-order chi connectivity index (χ1) is 10.2. The minimum absolute atomic E-state index is 0.515. The van der Waals surface area contributed by atoms with Gasteiger partial charge >= 0.3 is 0 Å². The van der Waals surface area contributed by atoms with Gasteiger partial charge in [0, 0.05) is 30.1 Å². The van der Waals surface area contributed by atoms with Crippen molar-refractivity contribution < 1.29 is 0 Å². The van der Waals surface area contributed by atoms with Crippen LogP contribution in [0, 0.1) is 0 Å². The van der Waals surface area contributed by atoms with Crippen LogP contribution in [0.5, 0.6) is 0 Å². The van der Waals surface area contributed by atoms with E-state index in [0.29, 0.717) is 11.9 Å². The number of anilines is 1. The molecule has 0 saturated carbocycles. The van der Waals surface area contributed by atoms with Crippen molar-refractivity contribution >= 4 is 28.3 Å². The number of nitrogens with zero attached hydrogens (tertiary/aromatic N) is 3. The average molecular weight is 304 g/mol. The lowest BCUT2D eigenvalue weighted by Crippen LogP contribution is -2.42. The van der Waals surface area contributed by atoms with Crippen molar-refractivity contribution in [2.75, 3.05) is 32.1 Å². The highest BCUT2D eigenvalue weighted by molar-refractivity contribution is 6.17. The number of rotatable bonds is 3. The largest absolute Gasteiger partial charge is 0.356 e. The van der Waals surface area contributed by atoms with Gasteiger partial charge in [0.15, 0.2) is 0 Å². The maximum absolute atomic E-state index is 6.16. The van der Waals surface area contributed by atoms with Crippen LogP contribution in [-0.2, 0) is 5.88 Å². The molecule has 1 aromatic carbocycles. The summed E-state index contributed by atoms with van der Waals surface area (Å²) in [6.07, 6.45) is 2.37. The van der Waals surface area contributed by atoms with Crippen LogP contribution in [0.1, 0.15) is 18.4 Å². The van der Waals surface area contributed by atoms with Crippen LogP contribution in [0.4, 0.5) is 5.82 Å². The van der Waals surface area contributed by atoms with Crippen LogP contribution in [0.25, 0.3) is 10.9 Å². The van der Waals surface area contributed by atoms with E-state index in [1.165, 1.54) is 18.2 Å². The van der Waals surface area contributed by atoms with E-state index in [1.807, 2.05) is 12.1 Å². The Morgan fingerprint density at radius 1 is 1.24 bits per heavy atom. The molecule has 0 amide bonds. The van der Waals surface area contributed by atoms with Gasteiger partial charge in [-0.15, -0.1) is 11.6 Å². The molecule has 1 saturated heterocycles. The topological polar surface area (TPSA) is 19.4 Å². The zero-order valence-corrected chi connectivity index (χ0v) is 13.5. The van der Waals surface area contributed by atoms with Gasteiger partial charge in [0.1, 0.15) is 5.82 Å². The molecular formula is C17H22ClN3. The highest BCUT2D eigenvalue weighted by atomic mass is 35.5. The van der Waals surface area contributed by atoms with E-state index in [4.69, 9.17) is 16.6 Å². The van der Waals surface area contributed by atoms with Crippen molar-refractivity contribution in [3.8, 4) is 0 Å². The smallest absolute Gasteiger partial charge is 0.133 e. The maximum Gasteiger partial charge on any atom is 0.133 e. The molecule has 1 aliphatic rings. The monoisotopic (exact) mass is 303 g/mol. The Kier molecular flexibility index (Phi) is 4.32. The summed E-state index contributed by atoms with van der Waals surface area (Å²) in [5.41, 5.74) is 2.19. The number of hydrogen-bond donors (Lipinski definition) is 0. The summed E-state index contributed by atoms with van der Waals surface area (Å²) >= 11 is 6.16. The van der Waals surface area contributed by atoms with Gasteiger partial charge in [0.05, 0.1) is 11.4 Å². The molecule has 0 bridgehead atoms. The summed E-state index contributed by atoms with van der Waals surface area (Å²) in [7, 11) is 4.33. The highest BCUT2D eigenvalue weighted by Crippen LogP contribution is 2.28. The summed E-state index contributed by atoms with van der Waals surface area (Å²) in [5, 5.41) is 1.17. The van der Waals surface area contributed by atoms with Gasteiger partial charge in [0.25, 0.3) is 0 Å². The molecule has 0 spiro atoms. The second-order valence-electron chi connectivity index (χ2n) is 5.98. The zero-order chi connectivity index (χ0) is 14.8. The first kappa shape index (κ1) is 14.6. The van der Waals surface area contributed by atoms with E-state index < -0.39 is 0 Å². The number of aromatic nitrogens is 1. The second-order valence-corrected chi connectivity index (χ2v) is 6.25. The molecule has 21 heavy (non-hydrogen) atoms. The van der Waals surface area contributed by atoms with Crippen molar-refractivity contribution in [2.24, 2.45) is 0 Å². The lowest BCUT2D eigenvalue weighted by molar-refractivity contribution is 0.249. The van der Waals surface area contributed by atoms with Crippen LogP contribution in [0.2, 0.25) is 0 Å². The summed E-state index contributed by atoms with van der Waals surface area (Å²) in [5.74, 6) is 1.58. The number of pyridine rings is 1. The third kappa shape index (κ3) is 2.99. The first-order valence-electron chi connectivity index (χ1n) is 7.55. The molecule has 3 nitrogen and oxygen atoms in total. The highest BCUT2D eigenvalue weighted by Gasteiger charge is 2.23. The van der Waals surface area contributed by atoms with E-state index in [9.17, 15) is 0 Å². The molecule has 0 radical (unpaired) electrons. The number of para-hydroxylation sites is 1. The van der Waals surface area contributed by atoms with Gasteiger partial charge in [-0.2, -0.15) is 0 Å². The summed E-state index contributed by atoms with van der Waals surface area (Å²) < 4.78 is 0. The number of fused-ring (bicyclic) bond motifs is 1. The Morgan fingerprint density at radius 2 is 1.95 bits per heavy atom. The number of piperidine rings is 1. The fraction of sp³-hybridized carbons (Fsp3) is 0.471. The molecule has 1 fully saturated rings. The Labute approximate surface area is 131 Å². The first-order valence-corrected chi connectivity index (χ1v) is 8.08. The average Bonchev–Trinajstić information content (AvgIpc) is 2.53. The van der Waals surface area contributed by atoms with Crippen molar-refractivity contribution in [3.63, 3.8) is 0 Å². The Morgan fingerprint density at radius 3 is 2.62 bits per heavy atom. The van der Waals surface area contributed by atoms with Crippen molar-refractivity contribution in [3.05, 3.63) is 35.9 Å². The third-order valence-corrected chi connectivity index (χ3v) is 4.71. The van der Waals surface area contributed by atoms with Crippen molar-refractivity contribution in [1.82, 2.24) is 9.88 Å². The molecule has 2 aromatic rings. The standard InChI is InChI=1S/C17H22ClN3/c1-20(2)15-7-9-21(10-8-15)17-14(12-18)11-13-5-3-4-6-16(13)19-17/h3-6,11,15H,7-10,12H2,1-2H3. The van der Waals surface area contributed by atoms with Crippen molar-refractivity contribution in [2.45, 2.75) is 24.8 Å². The minimum Gasteiger partial charge on any atom is -0.356 e. The van der Waals surface area contributed by atoms with Crippen molar-refractivity contribution in [1.29, 1.82) is 0 Å². The molecule has 2 heterocycles. The van der Waals surface area contributed by atoms with Crippen LogP contribution < -0.4 is 4.90 Å². The van der Waals surface area contributed by atoms with E-state index in [2.05, 4.69) is 42.1 Å². The maximum atomic E-state index is 6.16. The Bertz CT molecular complexity index is 618. The number of benzene rings is 1. The van der Waals surface area contributed by atoms with Gasteiger partial charge in [-0.25, -0.2) is 4.98 Å². The van der Waals surface area contributed by atoms with E-state index in [0.717, 1.165) is 30.0 Å². The molecule has 4 heteroatoms. The third-order valence-electron chi connectivity index (χ3n) is 4.42. The fourth-order valence-electron chi connectivity index (χ4n) is 3.12. The lowest BCUT2D eigenvalue weighted by atomic mass is 10.0. The predicted octanol–water partition coefficient (Wildman–Crippen LogP) is 3.50. The molecular weight excluding hydrogens is 282 g/mol. The fourth-order valence-corrected chi connectivity index (χ4v) is 3.31. The SMILES string of the molecule is CN(C)C1CCN(c2nc3ccccc3cc2CCl)CC1. The molecule has 112 valence electrons. The zero-order valence-electron chi connectivity index (χ0n) is 12.7. The molecule has 0 atom stereocenters. The molecule has 0 unspecified atom stereocenters. The van der Waals surface area contributed by atoms with Crippen LogP contribution in [-0.4, -0.2) is 43.1 Å². The molecule has 1 aromatic heterocycles. The summed E-state index contributed by atoms with van der Waals surface area (Å²) in [6, 6.07) is 11.1. The van der Waals surface area contributed by atoms with E-state index in [1.54, 1.807) is 0 Å². The summed E-state index contributed by atoms with van der Waals surface area (Å²) in [6.45, 7) is 2.11. The number of alkyl halides is 1. The molecule has 1 aliphatic heterocycles. The van der Waals surface area contributed by atoms with Gasteiger partial charge in [0.2, 0.25) is 0 Å². The van der Waals surface area contributed by atoms with Crippen LogP contribution in [0.3, 0.4) is 0 Å². The van der Waals surface area contributed by atoms with Gasteiger partial charge < -0.3 is 9.80 Å². The predicted molar refractivity (Wildman–Crippen MR) is 90.2 cm³/mol. The van der Waals surface area contributed by atoms with E-state index in [-0.39, 0.29) is 0 Å².